The zero-order valence-corrected chi connectivity index (χ0v) is 15.2. The summed E-state index contributed by atoms with van der Waals surface area (Å²) in [4.78, 5) is 15.0. The number of aryl methyl sites for hydroxylation is 1. The maximum atomic E-state index is 13.1. The van der Waals surface area contributed by atoms with E-state index in [1.165, 1.54) is 0 Å². The smallest absolute Gasteiger partial charge is 0.257 e. The van der Waals surface area contributed by atoms with Crippen LogP contribution in [0.1, 0.15) is 41.6 Å². The predicted octanol–water partition coefficient (Wildman–Crippen LogP) is 3.37. The fourth-order valence-corrected chi connectivity index (χ4v) is 3.24. The van der Waals surface area contributed by atoms with Gasteiger partial charge in [0.25, 0.3) is 5.91 Å². The average molecular weight is 348 g/mol. The number of carbonyl (C=O) groups excluding carboxylic acids is 1. The number of hydrogen-bond donors (Lipinski definition) is 0. The molecule has 0 spiro atoms. The SMILES string of the molecule is Cc1c(C(=O)N2CC(c3ccccc3Cl)OCC2(C)C)cnn1C. The van der Waals surface area contributed by atoms with Gasteiger partial charge in [0, 0.05) is 23.3 Å². The summed E-state index contributed by atoms with van der Waals surface area (Å²) in [6.45, 7) is 6.84. The Morgan fingerprint density at radius 2 is 2.08 bits per heavy atom. The van der Waals surface area contributed by atoms with Crippen LogP contribution < -0.4 is 0 Å². The highest BCUT2D eigenvalue weighted by Gasteiger charge is 2.40. The van der Waals surface area contributed by atoms with Gasteiger partial charge in [0.05, 0.1) is 30.5 Å². The van der Waals surface area contributed by atoms with E-state index in [0.717, 1.165) is 11.3 Å². The van der Waals surface area contributed by atoms with Crippen LogP contribution in [0, 0.1) is 6.92 Å². The summed E-state index contributed by atoms with van der Waals surface area (Å²) in [6.07, 6.45) is 1.40. The molecule has 1 aromatic carbocycles. The van der Waals surface area contributed by atoms with Gasteiger partial charge in [-0.1, -0.05) is 29.8 Å². The number of rotatable bonds is 2. The molecule has 1 amide bonds. The molecule has 0 radical (unpaired) electrons. The Kier molecular flexibility index (Phi) is 4.40. The highest BCUT2D eigenvalue weighted by Crippen LogP contribution is 2.34. The molecule has 128 valence electrons. The van der Waals surface area contributed by atoms with Crippen LogP contribution in [0.15, 0.2) is 30.5 Å². The summed E-state index contributed by atoms with van der Waals surface area (Å²) in [7, 11) is 1.84. The maximum absolute atomic E-state index is 13.1. The molecule has 1 saturated heterocycles. The predicted molar refractivity (Wildman–Crippen MR) is 93.2 cm³/mol. The molecule has 0 aliphatic carbocycles. The van der Waals surface area contributed by atoms with Gasteiger partial charge in [-0.15, -0.1) is 0 Å². The Labute approximate surface area is 147 Å². The van der Waals surface area contributed by atoms with Crippen LogP contribution in [-0.4, -0.2) is 39.3 Å². The monoisotopic (exact) mass is 347 g/mol. The highest BCUT2D eigenvalue weighted by molar-refractivity contribution is 6.31. The number of aromatic nitrogens is 2. The lowest BCUT2D eigenvalue weighted by atomic mass is 9.97. The Morgan fingerprint density at radius 3 is 2.71 bits per heavy atom. The summed E-state index contributed by atoms with van der Waals surface area (Å²) in [5, 5.41) is 4.85. The summed E-state index contributed by atoms with van der Waals surface area (Å²) >= 11 is 6.30. The van der Waals surface area contributed by atoms with Crippen molar-refractivity contribution in [2.24, 2.45) is 7.05 Å². The van der Waals surface area contributed by atoms with Gasteiger partial charge in [0.15, 0.2) is 0 Å². The lowest BCUT2D eigenvalue weighted by Crippen LogP contribution is -2.56. The topological polar surface area (TPSA) is 47.4 Å². The molecule has 3 rings (SSSR count). The number of carbonyl (C=O) groups is 1. The Morgan fingerprint density at radius 1 is 1.38 bits per heavy atom. The second kappa shape index (κ2) is 6.22. The zero-order chi connectivity index (χ0) is 17.5. The van der Waals surface area contributed by atoms with E-state index in [9.17, 15) is 4.79 Å². The molecule has 2 aromatic rings. The third-order valence-electron chi connectivity index (χ3n) is 4.68. The first-order valence-corrected chi connectivity index (χ1v) is 8.35. The number of amides is 1. The van der Waals surface area contributed by atoms with Crippen molar-refractivity contribution >= 4 is 17.5 Å². The minimum absolute atomic E-state index is 0.0223. The molecule has 1 aliphatic heterocycles. The lowest BCUT2D eigenvalue weighted by molar-refractivity contribution is -0.0846. The number of nitrogens with zero attached hydrogens (tertiary/aromatic N) is 3. The van der Waals surface area contributed by atoms with Gasteiger partial charge in [-0.2, -0.15) is 5.10 Å². The van der Waals surface area contributed by atoms with E-state index in [4.69, 9.17) is 16.3 Å². The van der Waals surface area contributed by atoms with Crippen molar-refractivity contribution in [2.75, 3.05) is 13.2 Å². The molecule has 1 atom stereocenters. The van der Waals surface area contributed by atoms with E-state index >= 15 is 0 Å². The van der Waals surface area contributed by atoms with Gasteiger partial charge < -0.3 is 9.64 Å². The lowest BCUT2D eigenvalue weighted by Gasteiger charge is -2.45. The van der Waals surface area contributed by atoms with Gasteiger partial charge in [-0.3, -0.25) is 9.48 Å². The Hall–Kier alpha value is -1.85. The average Bonchev–Trinajstić information content (AvgIpc) is 2.87. The maximum Gasteiger partial charge on any atom is 0.257 e. The van der Waals surface area contributed by atoms with Gasteiger partial charge in [-0.05, 0) is 26.8 Å². The van der Waals surface area contributed by atoms with Crippen LogP contribution in [0.4, 0.5) is 0 Å². The molecule has 1 unspecified atom stereocenters. The molecule has 0 saturated carbocycles. The number of benzene rings is 1. The van der Waals surface area contributed by atoms with Crippen molar-refractivity contribution in [2.45, 2.75) is 32.4 Å². The van der Waals surface area contributed by atoms with Crippen LogP contribution in [0.2, 0.25) is 5.02 Å². The molecular formula is C18H22ClN3O2. The molecule has 24 heavy (non-hydrogen) atoms. The largest absolute Gasteiger partial charge is 0.369 e. The summed E-state index contributed by atoms with van der Waals surface area (Å²) in [5.74, 6) is -0.0223. The first-order valence-electron chi connectivity index (χ1n) is 7.98. The third kappa shape index (κ3) is 2.94. The Bertz CT molecular complexity index is 769. The molecule has 6 heteroatoms. The summed E-state index contributed by atoms with van der Waals surface area (Å²) in [5.41, 5.74) is 2.01. The van der Waals surface area contributed by atoms with Crippen LogP contribution in [0.5, 0.6) is 0 Å². The molecule has 5 nitrogen and oxygen atoms in total. The highest BCUT2D eigenvalue weighted by atomic mass is 35.5. The second-order valence-electron chi connectivity index (χ2n) is 6.82. The quantitative estimate of drug-likeness (QED) is 0.836. The summed E-state index contributed by atoms with van der Waals surface area (Å²) < 4.78 is 7.73. The molecule has 1 fully saturated rings. The number of halogens is 1. The van der Waals surface area contributed by atoms with Gasteiger partial charge in [-0.25, -0.2) is 0 Å². The fourth-order valence-electron chi connectivity index (χ4n) is 2.98. The van der Waals surface area contributed by atoms with Crippen molar-refractivity contribution in [1.29, 1.82) is 0 Å². The zero-order valence-electron chi connectivity index (χ0n) is 14.4. The van der Waals surface area contributed by atoms with Crippen LogP contribution in [-0.2, 0) is 11.8 Å². The first-order chi connectivity index (χ1) is 11.3. The van der Waals surface area contributed by atoms with Crippen LogP contribution >= 0.6 is 11.6 Å². The number of hydrogen-bond acceptors (Lipinski definition) is 3. The van der Waals surface area contributed by atoms with Crippen molar-refractivity contribution in [3.05, 3.63) is 52.3 Å². The van der Waals surface area contributed by atoms with E-state index in [1.54, 1.807) is 10.9 Å². The van der Waals surface area contributed by atoms with Crippen molar-refractivity contribution in [3.63, 3.8) is 0 Å². The molecule has 0 N–H and O–H groups in total. The molecule has 1 aromatic heterocycles. The van der Waals surface area contributed by atoms with Gasteiger partial charge >= 0.3 is 0 Å². The first kappa shape index (κ1) is 17.0. The third-order valence-corrected chi connectivity index (χ3v) is 5.02. The van der Waals surface area contributed by atoms with E-state index < -0.39 is 5.54 Å². The van der Waals surface area contributed by atoms with Crippen molar-refractivity contribution in [3.8, 4) is 0 Å². The van der Waals surface area contributed by atoms with Gasteiger partial charge in [0.1, 0.15) is 6.10 Å². The minimum atomic E-state index is -0.392. The number of morpholine rings is 1. The minimum Gasteiger partial charge on any atom is -0.369 e. The van der Waals surface area contributed by atoms with Crippen LogP contribution in [0.25, 0.3) is 0 Å². The van der Waals surface area contributed by atoms with Crippen molar-refractivity contribution < 1.29 is 9.53 Å². The summed E-state index contributed by atoms with van der Waals surface area (Å²) in [6, 6.07) is 7.61. The Balaban J connectivity index is 1.91. The fraction of sp³-hybridized carbons (Fsp3) is 0.444. The molecule has 1 aliphatic rings. The molecular weight excluding hydrogens is 326 g/mol. The van der Waals surface area contributed by atoms with E-state index in [0.29, 0.717) is 23.7 Å². The van der Waals surface area contributed by atoms with E-state index in [-0.39, 0.29) is 12.0 Å². The molecule has 0 bridgehead atoms. The second-order valence-corrected chi connectivity index (χ2v) is 7.22. The van der Waals surface area contributed by atoms with Crippen LogP contribution in [0.3, 0.4) is 0 Å². The van der Waals surface area contributed by atoms with Gasteiger partial charge in [0.2, 0.25) is 0 Å². The van der Waals surface area contributed by atoms with Crippen molar-refractivity contribution in [1.82, 2.24) is 14.7 Å². The number of ether oxygens (including phenoxy) is 1. The van der Waals surface area contributed by atoms with E-state index in [2.05, 4.69) is 5.10 Å². The van der Waals surface area contributed by atoms with E-state index in [1.807, 2.05) is 57.0 Å². The standard InChI is InChI=1S/C18H22ClN3O2/c1-12-14(9-20-21(12)4)17(23)22-10-16(24-11-18(22,2)3)13-7-5-6-8-15(13)19/h5-9,16H,10-11H2,1-4H3. The normalized spacial score (nSPS) is 20.2. The molecule has 2 heterocycles.